The molecule has 132 valence electrons. The number of hydrogen-bond acceptors (Lipinski definition) is 4. The zero-order valence-corrected chi connectivity index (χ0v) is 12.9. The number of morpholine rings is 1. The highest BCUT2D eigenvalue weighted by Gasteiger charge is 2.36. The van der Waals surface area contributed by atoms with Gasteiger partial charge in [-0.3, -0.25) is 9.69 Å². The van der Waals surface area contributed by atoms with Crippen molar-refractivity contribution in [3.8, 4) is 0 Å². The van der Waals surface area contributed by atoms with Crippen LogP contribution in [0.3, 0.4) is 0 Å². The highest BCUT2D eigenvalue weighted by Crippen LogP contribution is 2.22. The molecule has 1 unspecified atom stereocenters. The third kappa shape index (κ3) is 5.31. The molecule has 1 atom stereocenters. The first kappa shape index (κ1) is 18.4. The van der Waals surface area contributed by atoms with Crippen LogP contribution in [0.4, 0.5) is 17.6 Å². The van der Waals surface area contributed by atoms with Gasteiger partial charge >= 0.3 is 6.18 Å². The number of carbonyl (C=O) groups is 1. The quantitative estimate of drug-likeness (QED) is 0.635. The first-order valence-corrected chi connectivity index (χ1v) is 7.46. The van der Waals surface area contributed by atoms with E-state index in [9.17, 15) is 22.4 Å². The molecular weight excluding hydrogens is 328 g/mol. The number of halogens is 4. The highest BCUT2D eigenvalue weighted by atomic mass is 19.4. The minimum Gasteiger partial charge on any atom is -0.389 e. The lowest BCUT2D eigenvalue weighted by molar-refractivity contribution is -0.165. The molecule has 0 radical (unpaired) electrons. The number of nitrogens with one attached hydrogen (secondary N) is 1. The maximum atomic E-state index is 13.1. The minimum atomic E-state index is -4.88. The fourth-order valence-electron chi connectivity index (χ4n) is 2.44. The molecule has 0 bridgehead atoms. The van der Waals surface area contributed by atoms with Crippen LogP contribution in [-0.4, -0.2) is 49.7 Å². The van der Waals surface area contributed by atoms with E-state index < -0.39 is 12.0 Å². The van der Waals surface area contributed by atoms with Gasteiger partial charge in [0.15, 0.2) is 0 Å². The van der Waals surface area contributed by atoms with Crippen LogP contribution in [0.25, 0.3) is 0 Å². The van der Waals surface area contributed by atoms with Crippen molar-refractivity contribution in [3.05, 3.63) is 47.9 Å². The summed E-state index contributed by atoms with van der Waals surface area (Å²) in [4.78, 5) is 12.9. The summed E-state index contributed by atoms with van der Waals surface area (Å²) in [5.74, 6) is -2.28. The molecule has 0 aliphatic carbocycles. The van der Waals surface area contributed by atoms with Gasteiger partial charge in [0.25, 0.3) is 5.78 Å². The Balaban J connectivity index is 2.02. The van der Waals surface area contributed by atoms with Crippen molar-refractivity contribution in [2.75, 3.05) is 32.8 Å². The monoisotopic (exact) mass is 346 g/mol. The van der Waals surface area contributed by atoms with Gasteiger partial charge in [0.1, 0.15) is 5.82 Å². The largest absolute Gasteiger partial charge is 0.454 e. The minimum absolute atomic E-state index is 0.167. The summed E-state index contributed by atoms with van der Waals surface area (Å²) in [5, 5.41) is 2.72. The third-order valence-corrected chi connectivity index (χ3v) is 3.68. The van der Waals surface area contributed by atoms with Gasteiger partial charge in [0.05, 0.1) is 19.3 Å². The van der Waals surface area contributed by atoms with Crippen molar-refractivity contribution in [2.24, 2.45) is 0 Å². The summed E-state index contributed by atoms with van der Waals surface area (Å²) in [6.45, 7) is 2.72. The molecule has 0 aromatic heterocycles. The first-order valence-electron chi connectivity index (χ1n) is 7.46. The Hall–Kier alpha value is -1.93. The number of carbonyl (C=O) groups excluding carboxylic acids is 1. The van der Waals surface area contributed by atoms with E-state index in [0.717, 1.165) is 11.8 Å². The van der Waals surface area contributed by atoms with Gasteiger partial charge in [-0.1, -0.05) is 12.1 Å². The number of ketones is 1. The second kappa shape index (κ2) is 8.25. The fourth-order valence-corrected chi connectivity index (χ4v) is 2.44. The van der Waals surface area contributed by atoms with Crippen LogP contribution in [0.5, 0.6) is 0 Å². The maximum Gasteiger partial charge on any atom is 0.454 e. The summed E-state index contributed by atoms with van der Waals surface area (Å²) in [7, 11) is 0. The molecule has 0 spiro atoms. The van der Waals surface area contributed by atoms with Gasteiger partial charge in [-0.05, 0) is 17.7 Å². The first-order chi connectivity index (χ1) is 11.4. The summed E-state index contributed by atoms with van der Waals surface area (Å²) < 4.78 is 54.8. The van der Waals surface area contributed by atoms with Crippen LogP contribution in [-0.2, 0) is 9.53 Å². The molecule has 1 heterocycles. The summed E-state index contributed by atoms with van der Waals surface area (Å²) in [5.41, 5.74) is 0.835. The lowest BCUT2D eigenvalue weighted by Gasteiger charge is -2.34. The Morgan fingerprint density at radius 3 is 2.46 bits per heavy atom. The molecule has 2 rings (SSSR count). The van der Waals surface area contributed by atoms with Crippen molar-refractivity contribution >= 4 is 5.78 Å². The smallest absolute Gasteiger partial charge is 0.389 e. The molecule has 24 heavy (non-hydrogen) atoms. The van der Waals surface area contributed by atoms with Gasteiger partial charge < -0.3 is 10.1 Å². The van der Waals surface area contributed by atoms with Crippen LogP contribution >= 0.6 is 0 Å². The van der Waals surface area contributed by atoms with Crippen molar-refractivity contribution in [1.29, 1.82) is 0 Å². The van der Waals surface area contributed by atoms with E-state index in [1.54, 1.807) is 12.1 Å². The van der Waals surface area contributed by atoms with Crippen LogP contribution in [0, 0.1) is 5.82 Å². The molecular formula is C16H18F4N2O2. The topological polar surface area (TPSA) is 41.6 Å². The zero-order valence-electron chi connectivity index (χ0n) is 12.9. The van der Waals surface area contributed by atoms with E-state index in [1.165, 1.54) is 12.1 Å². The summed E-state index contributed by atoms with van der Waals surface area (Å²) in [6, 6.07) is 5.79. The van der Waals surface area contributed by atoms with E-state index in [1.807, 2.05) is 0 Å². The number of benzene rings is 1. The van der Waals surface area contributed by atoms with Crippen LogP contribution in [0.15, 0.2) is 36.5 Å². The number of alkyl halides is 3. The molecule has 0 saturated carbocycles. The van der Waals surface area contributed by atoms with E-state index in [0.29, 0.717) is 32.4 Å². The Bertz CT molecular complexity index is 566. The molecule has 4 nitrogen and oxygen atoms in total. The number of ether oxygens (including phenoxy) is 1. The van der Waals surface area contributed by atoms with Crippen molar-refractivity contribution in [2.45, 2.75) is 12.2 Å². The lowest BCUT2D eigenvalue weighted by atomic mass is 10.0. The molecule has 1 aliphatic heterocycles. The van der Waals surface area contributed by atoms with Crippen LogP contribution in [0.1, 0.15) is 11.6 Å². The zero-order chi connectivity index (χ0) is 17.6. The molecule has 1 aliphatic rings. The Labute approximate surface area is 137 Å². The normalized spacial score (nSPS) is 17.8. The molecule has 1 saturated heterocycles. The number of rotatable bonds is 6. The SMILES string of the molecule is O=C(C=CNCC(c1ccc(F)cc1)N1CCOCC1)C(F)(F)F. The maximum absolute atomic E-state index is 13.1. The lowest BCUT2D eigenvalue weighted by Crippen LogP contribution is -2.42. The second-order valence-electron chi connectivity index (χ2n) is 5.32. The average molecular weight is 346 g/mol. The molecule has 1 fully saturated rings. The number of allylic oxidation sites excluding steroid dienone is 1. The van der Waals surface area contributed by atoms with Gasteiger partial charge in [0.2, 0.25) is 0 Å². The van der Waals surface area contributed by atoms with E-state index in [-0.39, 0.29) is 18.4 Å². The van der Waals surface area contributed by atoms with Gasteiger partial charge in [-0.15, -0.1) is 0 Å². The van der Waals surface area contributed by atoms with Crippen LogP contribution in [0.2, 0.25) is 0 Å². The van der Waals surface area contributed by atoms with Crippen molar-refractivity contribution in [1.82, 2.24) is 10.2 Å². The number of hydrogen-bond donors (Lipinski definition) is 1. The standard InChI is InChI=1S/C16H18F4N2O2/c17-13-3-1-12(2-4-13)14(22-7-9-24-10-8-22)11-21-6-5-15(23)16(18,19)20/h1-6,14,21H,7-11H2. The molecule has 0 amide bonds. The molecule has 8 heteroatoms. The number of nitrogens with zero attached hydrogens (tertiary/aromatic N) is 1. The van der Waals surface area contributed by atoms with Crippen molar-refractivity contribution < 1.29 is 27.1 Å². The van der Waals surface area contributed by atoms with E-state index in [4.69, 9.17) is 4.74 Å². The van der Waals surface area contributed by atoms with Crippen LogP contribution < -0.4 is 5.32 Å². The Kier molecular flexibility index (Phi) is 6.33. The van der Waals surface area contributed by atoms with E-state index >= 15 is 0 Å². The van der Waals surface area contributed by atoms with E-state index in [2.05, 4.69) is 10.2 Å². The van der Waals surface area contributed by atoms with Gasteiger partial charge in [-0.25, -0.2) is 4.39 Å². The molecule has 1 N–H and O–H groups in total. The summed E-state index contributed by atoms with van der Waals surface area (Å²) >= 11 is 0. The average Bonchev–Trinajstić information content (AvgIpc) is 2.56. The predicted octanol–water partition coefficient (Wildman–Crippen LogP) is 2.43. The van der Waals surface area contributed by atoms with Crippen molar-refractivity contribution in [3.63, 3.8) is 0 Å². The second-order valence-corrected chi connectivity index (χ2v) is 5.32. The predicted molar refractivity (Wildman–Crippen MR) is 79.7 cm³/mol. The molecule has 1 aromatic rings. The fraction of sp³-hybridized carbons (Fsp3) is 0.438. The van der Waals surface area contributed by atoms with Gasteiger partial charge in [0, 0.05) is 31.9 Å². The Morgan fingerprint density at radius 1 is 1.25 bits per heavy atom. The summed E-state index contributed by atoms with van der Waals surface area (Å²) in [6.07, 6.45) is -3.42. The highest BCUT2D eigenvalue weighted by molar-refractivity contribution is 5.94. The Morgan fingerprint density at radius 2 is 1.88 bits per heavy atom. The third-order valence-electron chi connectivity index (χ3n) is 3.68. The molecule has 1 aromatic carbocycles. The van der Waals surface area contributed by atoms with Gasteiger partial charge in [-0.2, -0.15) is 13.2 Å².